The number of nitrogens with zero attached hydrogens (tertiary/aromatic N) is 2. The van der Waals surface area contributed by atoms with Crippen LogP contribution in [0.25, 0.3) is 0 Å². The van der Waals surface area contributed by atoms with E-state index in [9.17, 15) is 22.8 Å². The van der Waals surface area contributed by atoms with E-state index in [1.165, 1.54) is 18.2 Å². The lowest BCUT2D eigenvalue weighted by atomic mass is 10.2. The zero-order valence-corrected chi connectivity index (χ0v) is 11.4. The van der Waals surface area contributed by atoms with Crippen LogP contribution >= 0.6 is 11.8 Å². The summed E-state index contributed by atoms with van der Waals surface area (Å²) in [5.74, 6) is -2.25. The summed E-state index contributed by atoms with van der Waals surface area (Å²) >= 11 is -0.346. The summed E-state index contributed by atoms with van der Waals surface area (Å²) in [6.45, 7) is 0. The number of nitrogens with two attached hydrogens (primary N) is 1. The van der Waals surface area contributed by atoms with Gasteiger partial charge in [-0.25, -0.2) is 0 Å². The van der Waals surface area contributed by atoms with Gasteiger partial charge in [-0.15, -0.1) is 5.10 Å². The van der Waals surface area contributed by atoms with E-state index in [-0.39, 0.29) is 22.2 Å². The van der Waals surface area contributed by atoms with Gasteiger partial charge in [0.25, 0.3) is 5.91 Å². The first-order valence-electron chi connectivity index (χ1n) is 5.55. The molecule has 0 aliphatic rings. The highest BCUT2D eigenvalue weighted by molar-refractivity contribution is 8.00. The van der Waals surface area contributed by atoms with Gasteiger partial charge in [-0.05, 0) is 30.0 Å². The van der Waals surface area contributed by atoms with Crippen LogP contribution in [-0.2, 0) is 0 Å². The summed E-state index contributed by atoms with van der Waals surface area (Å²) < 4.78 is 41.6. The molecule has 0 atom stereocenters. The number of benzene rings is 1. The van der Waals surface area contributed by atoms with Gasteiger partial charge in [-0.3, -0.25) is 14.9 Å². The molecule has 0 unspecified atom stereocenters. The standard InChI is InChI=1S/C11H7F3N4O3S/c12-11(13,14)22-6-3-1-2-5(4-6)8(20)16-10-18-17-9(21-10)7(15)19/h1-4H,(H2,15,19)(H,16,18,20). The minimum absolute atomic E-state index is 0.0481. The van der Waals surface area contributed by atoms with Crippen molar-refractivity contribution in [3.63, 3.8) is 0 Å². The second-order valence-corrected chi connectivity index (χ2v) is 4.94. The third-order valence-corrected chi connectivity index (χ3v) is 2.91. The van der Waals surface area contributed by atoms with E-state index in [1.807, 2.05) is 0 Å². The molecule has 0 saturated heterocycles. The summed E-state index contributed by atoms with van der Waals surface area (Å²) in [5, 5.41) is 8.77. The van der Waals surface area contributed by atoms with Crippen LogP contribution < -0.4 is 11.1 Å². The van der Waals surface area contributed by atoms with Gasteiger partial charge in [-0.1, -0.05) is 11.2 Å². The van der Waals surface area contributed by atoms with Gasteiger partial charge in [0.1, 0.15) is 0 Å². The van der Waals surface area contributed by atoms with Crippen LogP contribution in [0.3, 0.4) is 0 Å². The fourth-order valence-electron chi connectivity index (χ4n) is 1.38. The Morgan fingerprint density at radius 2 is 2.00 bits per heavy atom. The first-order chi connectivity index (χ1) is 10.2. The maximum Gasteiger partial charge on any atom is 0.446 e. The molecule has 1 aromatic carbocycles. The number of hydrogen-bond donors (Lipinski definition) is 2. The largest absolute Gasteiger partial charge is 0.446 e. The summed E-state index contributed by atoms with van der Waals surface area (Å²) in [7, 11) is 0. The van der Waals surface area contributed by atoms with Gasteiger partial charge in [0.15, 0.2) is 0 Å². The summed E-state index contributed by atoms with van der Waals surface area (Å²) in [6.07, 6.45) is 0. The molecule has 2 rings (SSSR count). The molecule has 2 aromatic rings. The van der Waals surface area contributed by atoms with Crippen molar-refractivity contribution < 1.29 is 27.2 Å². The second kappa shape index (κ2) is 6.05. The number of halogens is 3. The van der Waals surface area contributed by atoms with Crippen LogP contribution in [0, 0.1) is 0 Å². The van der Waals surface area contributed by atoms with Crippen LogP contribution in [0.1, 0.15) is 21.0 Å². The Labute approximate surface area is 125 Å². The van der Waals surface area contributed by atoms with Crippen molar-refractivity contribution >= 4 is 29.6 Å². The van der Waals surface area contributed by atoms with Crippen LogP contribution in [0.5, 0.6) is 0 Å². The van der Waals surface area contributed by atoms with Crippen molar-refractivity contribution in [2.75, 3.05) is 5.32 Å². The molecule has 3 N–H and O–H groups in total. The molecule has 0 spiro atoms. The Bertz CT molecular complexity index is 717. The van der Waals surface area contributed by atoms with E-state index >= 15 is 0 Å². The summed E-state index contributed by atoms with van der Waals surface area (Å²) in [5.41, 5.74) is 0.382. The molecule has 0 radical (unpaired) electrons. The summed E-state index contributed by atoms with van der Waals surface area (Å²) in [6, 6.07) is 4.48. The molecule has 0 fully saturated rings. The van der Waals surface area contributed by atoms with Crippen molar-refractivity contribution in [1.82, 2.24) is 10.2 Å². The van der Waals surface area contributed by atoms with E-state index in [2.05, 4.69) is 15.5 Å². The molecule has 0 aliphatic heterocycles. The van der Waals surface area contributed by atoms with E-state index in [0.29, 0.717) is 0 Å². The molecular weight excluding hydrogens is 325 g/mol. The molecule has 0 bridgehead atoms. The van der Waals surface area contributed by atoms with Gasteiger partial charge in [0, 0.05) is 10.5 Å². The van der Waals surface area contributed by atoms with E-state index < -0.39 is 29.2 Å². The zero-order chi connectivity index (χ0) is 16.3. The van der Waals surface area contributed by atoms with Crippen LogP contribution in [0.4, 0.5) is 19.2 Å². The second-order valence-electron chi connectivity index (χ2n) is 3.81. The Kier molecular flexibility index (Phi) is 4.35. The number of carbonyl (C=O) groups is 2. The van der Waals surface area contributed by atoms with Crippen molar-refractivity contribution in [2.24, 2.45) is 5.73 Å². The molecule has 22 heavy (non-hydrogen) atoms. The van der Waals surface area contributed by atoms with E-state index in [4.69, 9.17) is 10.2 Å². The molecule has 0 aliphatic carbocycles. The highest BCUT2D eigenvalue weighted by Crippen LogP contribution is 2.36. The van der Waals surface area contributed by atoms with Crippen molar-refractivity contribution in [1.29, 1.82) is 0 Å². The number of carbonyl (C=O) groups excluding carboxylic acids is 2. The number of alkyl halides is 3. The number of amides is 2. The normalized spacial score (nSPS) is 11.2. The highest BCUT2D eigenvalue weighted by Gasteiger charge is 2.29. The predicted octanol–water partition coefficient (Wildman–Crippen LogP) is 2.03. The fraction of sp³-hybridized carbons (Fsp3) is 0.0909. The van der Waals surface area contributed by atoms with Crippen molar-refractivity contribution in [3.05, 3.63) is 35.7 Å². The number of nitrogens with one attached hydrogen (secondary N) is 1. The van der Waals surface area contributed by atoms with Crippen LogP contribution in [0.15, 0.2) is 33.6 Å². The monoisotopic (exact) mass is 332 g/mol. The van der Waals surface area contributed by atoms with Gasteiger partial charge in [0.05, 0.1) is 0 Å². The molecule has 2 amide bonds. The number of aromatic nitrogens is 2. The number of primary amides is 1. The minimum Gasteiger partial charge on any atom is -0.399 e. The molecule has 0 saturated carbocycles. The molecule has 1 aromatic heterocycles. The molecule has 11 heteroatoms. The minimum atomic E-state index is -4.46. The fourth-order valence-corrected chi connectivity index (χ4v) is 1.98. The third-order valence-electron chi connectivity index (χ3n) is 2.19. The van der Waals surface area contributed by atoms with Crippen LogP contribution in [0.2, 0.25) is 0 Å². The molecule has 1 heterocycles. The number of thioether (sulfide) groups is 1. The van der Waals surface area contributed by atoms with E-state index in [0.717, 1.165) is 6.07 Å². The number of anilines is 1. The Morgan fingerprint density at radius 3 is 2.59 bits per heavy atom. The lowest BCUT2D eigenvalue weighted by molar-refractivity contribution is -0.0328. The SMILES string of the molecule is NC(=O)c1nnc(NC(=O)c2cccc(SC(F)(F)F)c2)o1. The van der Waals surface area contributed by atoms with E-state index in [1.54, 1.807) is 0 Å². The smallest absolute Gasteiger partial charge is 0.399 e. The number of hydrogen-bond acceptors (Lipinski definition) is 6. The number of rotatable bonds is 4. The van der Waals surface area contributed by atoms with Gasteiger partial charge >= 0.3 is 23.3 Å². The van der Waals surface area contributed by atoms with Gasteiger partial charge < -0.3 is 10.2 Å². The first kappa shape index (κ1) is 15.8. The lowest BCUT2D eigenvalue weighted by Gasteiger charge is -2.06. The summed E-state index contributed by atoms with van der Waals surface area (Å²) in [4.78, 5) is 22.5. The average molecular weight is 332 g/mol. The molecule has 116 valence electrons. The van der Waals surface area contributed by atoms with Crippen LogP contribution in [-0.4, -0.2) is 27.5 Å². The zero-order valence-electron chi connectivity index (χ0n) is 10.5. The topological polar surface area (TPSA) is 111 Å². The predicted molar refractivity (Wildman–Crippen MR) is 69.1 cm³/mol. The van der Waals surface area contributed by atoms with Gasteiger partial charge in [-0.2, -0.15) is 13.2 Å². The Hall–Kier alpha value is -2.56. The maximum atomic E-state index is 12.3. The Balaban J connectivity index is 2.12. The lowest BCUT2D eigenvalue weighted by Crippen LogP contribution is -2.12. The quantitative estimate of drug-likeness (QED) is 0.829. The maximum absolute atomic E-state index is 12.3. The van der Waals surface area contributed by atoms with Gasteiger partial charge in [0.2, 0.25) is 0 Å². The highest BCUT2D eigenvalue weighted by atomic mass is 32.2. The molecule has 7 nitrogen and oxygen atoms in total. The Morgan fingerprint density at radius 1 is 1.27 bits per heavy atom. The average Bonchev–Trinajstić information content (AvgIpc) is 2.85. The van der Waals surface area contributed by atoms with Crippen molar-refractivity contribution in [3.8, 4) is 0 Å². The molecular formula is C11H7F3N4O3S. The van der Waals surface area contributed by atoms with Crippen molar-refractivity contribution in [2.45, 2.75) is 10.4 Å². The first-order valence-corrected chi connectivity index (χ1v) is 6.37. The third kappa shape index (κ3) is 4.22.